The molecule has 2 unspecified atom stereocenters. The first-order valence-corrected chi connectivity index (χ1v) is 6.05. The van der Waals surface area contributed by atoms with Gasteiger partial charge in [0.05, 0.1) is 26.3 Å². The summed E-state index contributed by atoms with van der Waals surface area (Å²) in [5.74, 6) is 0. The van der Waals surface area contributed by atoms with Crippen LogP contribution in [0.5, 0.6) is 0 Å². The SMILES string of the molecule is SC1C[NH2+]CCO1.SC1C[NH2+]CCO1.[OH-].[OH-]. The van der Waals surface area contributed by atoms with Crippen LogP contribution in [-0.4, -0.2) is 61.2 Å². The number of thiol groups is 2. The second kappa shape index (κ2) is 11.9. The van der Waals surface area contributed by atoms with Crippen LogP contribution in [0.2, 0.25) is 0 Å². The highest BCUT2D eigenvalue weighted by Gasteiger charge is 2.10. The molecular weight excluding hydrogens is 252 g/mol. The Balaban J connectivity index is 0. The maximum absolute atomic E-state index is 5.11. The van der Waals surface area contributed by atoms with E-state index in [1.165, 1.54) is 0 Å². The van der Waals surface area contributed by atoms with E-state index in [-0.39, 0.29) is 21.8 Å². The normalized spacial score (nSPS) is 28.9. The maximum atomic E-state index is 5.11. The number of hydrogen-bond acceptors (Lipinski definition) is 6. The Morgan fingerprint density at radius 2 is 1.19 bits per heavy atom. The molecule has 8 heteroatoms. The molecule has 100 valence electrons. The fourth-order valence-electron chi connectivity index (χ4n) is 1.23. The zero-order valence-electron chi connectivity index (χ0n) is 9.16. The molecule has 2 aliphatic heterocycles. The molecule has 2 heterocycles. The highest BCUT2D eigenvalue weighted by atomic mass is 32.1. The summed E-state index contributed by atoms with van der Waals surface area (Å²) in [6.07, 6.45) is 0. The smallest absolute Gasteiger partial charge is 0.149 e. The van der Waals surface area contributed by atoms with Crippen molar-refractivity contribution >= 4 is 25.3 Å². The van der Waals surface area contributed by atoms with Crippen LogP contribution in [0.15, 0.2) is 0 Å². The van der Waals surface area contributed by atoms with Crippen molar-refractivity contribution in [3.8, 4) is 0 Å². The zero-order valence-corrected chi connectivity index (χ0v) is 10.9. The summed E-state index contributed by atoms with van der Waals surface area (Å²) in [4.78, 5) is 0. The Kier molecular flexibility index (Phi) is 14.0. The molecule has 0 radical (unpaired) electrons. The van der Waals surface area contributed by atoms with Crippen molar-refractivity contribution in [1.82, 2.24) is 0 Å². The van der Waals surface area contributed by atoms with Gasteiger partial charge in [-0.15, -0.1) is 25.3 Å². The largest absolute Gasteiger partial charge is 0.870 e. The summed E-state index contributed by atoms with van der Waals surface area (Å²) in [6.45, 7) is 5.91. The van der Waals surface area contributed by atoms with Gasteiger partial charge in [-0.3, -0.25) is 0 Å². The second-order valence-electron chi connectivity index (χ2n) is 3.28. The van der Waals surface area contributed by atoms with Gasteiger partial charge in [0, 0.05) is 0 Å². The minimum atomic E-state index is 0. The first-order valence-electron chi connectivity index (χ1n) is 5.01. The van der Waals surface area contributed by atoms with Gasteiger partial charge in [0.2, 0.25) is 0 Å². The zero-order chi connectivity index (χ0) is 10.2. The number of morpholine rings is 2. The molecule has 6 nitrogen and oxygen atoms in total. The highest BCUT2D eigenvalue weighted by Crippen LogP contribution is 1.94. The van der Waals surface area contributed by atoms with E-state index in [1.54, 1.807) is 0 Å². The van der Waals surface area contributed by atoms with Crippen LogP contribution in [0.4, 0.5) is 0 Å². The molecule has 2 atom stereocenters. The van der Waals surface area contributed by atoms with E-state index in [2.05, 4.69) is 35.9 Å². The lowest BCUT2D eigenvalue weighted by Crippen LogP contribution is -2.89. The van der Waals surface area contributed by atoms with Crippen molar-refractivity contribution in [3.63, 3.8) is 0 Å². The van der Waals surface area contributed by atoms with E-state index in [1.807, 2.05) is 0 Å². The summed E-state index contributed by atoms with van der Waals surface area (Å²) < 4.78 is 10.2. The lowest BCUT2D eigenvalue weighted by molar-refractivity contribution is -0.672. The van der Waals surface area contributed by atoms with Crippen molar-refractivity contribution in [2.24, 2.45) is 0 Å². The lowest BCUT2D eigenvalue weighted by atomic mass is 10.5. The third-order valence-electron chi connectivity index (χ3n) is 2.00. The predicted octanol–water partition coefficient (Wildman–Crippen LogP) is -2.68. The van der Waals surface area contributed by atoms with Gasteiger partial charge in [-0.25, -0.2) is 0 Å². The summed E-state index contributed by atoms with van der Waals surface area (Å²) in [6, 6.07) is 0. The summed E-state index contributed by atoms with van der Waals surface area (Å²) >= 11 is 8.22. The van der Waals surface area contributed by atoms with E-state index in [9.17, 15) is 0 Å². The average molecular weight is 274 g/mol. The minimum Gasteiger partial charge on any atom is -0.870 e. The Hall–Kier alpha value is 0.460. The molecule has 0 spiro atoms. The van der Waals surface area contributed by atoms with Crippen LogP contribution in [-0.2, 0) is 9.47 Å². The molecule has 0 bridgehead atoms. The van der Waals surface area contributed by atoms with Gasteiger partial charge in [-0.1, -0.05) is 0 Å². The molecule has 0 aromatic carbocycles. The Labute approximate surface area is 107 Å². The van der Waals surface area contributed by atoms with Crippen LogP contribution >= 0.6 is 25.3 Å². The van der Waals surface area contributed by atoms with Gasteiger partial charge in [0.25, 0.3) is 0 Å². The number of quaternary nitrogens is 2. The van der Waals surface area contributed by atoms with Gasteiger partial charge in [-0.05, 0) is 0 Å². The number of nitrogens with two attached hydrogens (primary N) is 2. The molecule has 0 aromatic heterocycles. The summed E-state index contributed by atoms with van der Waals surface area (Å²) in [5, 5.41) is 4.42. The van der Waals surface area contributed by atoms with Crippen molar-refractivity contribution in [2.75, 3.05) is 39.4 Å². The van der Waals surface area contributed by atoms with Crippen LogP contribution in [0.1, 0.15) is 0 Å². The van der Waals surface area contributed by atoms with Gasteiger partial charge < -0.3 is 31.1 Å². The van der Waals surface area contributed by atoms with Gasteiger partial charge in [0.15, 0.2) is 0 Å². The minimum absolute atomic E-state index is 0. The van der Waals surface area contributed by atoms with Crippen molar-refractivity contribution in [1.29, 1.82) is 0 Å². The van der Waals surface area contributed by atoms with E-state index in [4.69, 9.17) is 9.47 Å². The molecule has 6 N–H and O–H groups in total. The van der Waals surface area contributed by atoms with Gasteiger partial charge in [0.1, 0.15) is 24.0 Å². The molecule has 2 saturated heterocycles. The van der Waals surface area contributed by atoms with E-state index in [0.29, 0.717) is 0 Å². The average Bonchev–Trinajstić information content (AvgIpc) is 2.21. The summed E-state index contributed by atoms with van der Waals surface area (Å²) in [5.41, 5.74) is 0.350. The molecule has 0 saturated carbocycles. The first kappa shape index (κ1) is 18.8. The highest BCUT2D eigenvalue weighted by molar-refractivity contribution is 7.80. The Morgan fingerprint density at radius 3 is 1.31 bits per heavy atom. The van der Waals surface area contributed by atoms with Crippen LogP contribution < -0.4 is 10.6 Å². The number of rotatable bonds is 0. The molecule has 2 rings (SSSR count). The fourth-order valence-corrected chi connectivity index (χ4v) is 1.74. The van der Waals surface area contributed by atoms with Gasteiger partial charge in [-0.2, -0.15) is 0 Å². The van der Waals surface area contributed by atoms with Crippen molar-refractivity contribution < 1.29 is 31.1 Å². The molecule has 0 aliphatic carbocycles. The van der Waals surface area contributed by atoms with Crippen molar-refractivity contribution in [2.45, 2.75) is 10.9 Å². The van der Waals surface area contributed by atoms with Gasteiger partial charge >= 0.3 is 0 Å². The van der Waals surface area contributed by atoms with E-state index >= 15 is 0 Å². The standard InChI is InChI=1S/2C4H9NOS.2H2O/c2*7-4-3-5-1-2-6-4;;/h2*4-5,7H,1-3H2;2*1H2. The van der Waals surface area contributed by atoms with Crippen LogP contribution in [0, 0.1) is 0 Å². The lowest BCUT2D eigenvalue weighted by Gasteiger charge is -2.15. The third-order valence-corrected chi connectivity index (χ3v) is 2.72. The first-order chi connectivity index (χ1) is 6.79. The summed E-state index contributed by atoms with van der Waals surface area (Å²) in [7, 11) is 0. The fraction of sp³-hybridized carbons (Fsp3) is 1.00. The van der Waals surface area contributed by atoms with E-state index in [0.717, 1.165) is 39.4 Å². The third kappa shape index (κ3) is 9.67. The molecule has 2 aliphatic rings. The molecule has 0 aromatic rings. The Morgan fingerprint density at radius 1 is 0.812 bits per heavy atom. The number of hydrogen-bond donors (Lipinski definition) is 4. The van der Waals surface area contributed by atoms with Crippen LogP contribution in [0.3, 0.4) is 0 Å². The molecule has 2 fully saturated rings. The topological polar surface area (TPSA) is 112 Å². The Bertz CT molecular complexity index is 128. The quantitative estimate of drug-likeness (QED) is 0.361. The molecule has 16 heavy (non-hydrogen) atoms. The van der Waals surface area contributed by atoms with E-state index < -0.39 is 0 Å². The predicted molar refractivity (Wildman–Crippen MR) is 64.6 cm³/mol. The maximum Gasteiger partial charge on any atom is 0.149 e. The van der Waals surface area contributed by atoms with Crippen molar-refractivity contribution in [3.05, 3.63) is 0 Å². The second-order valence-corrected chi connectivity index (χ2v) is 4.43. The molecular formula is C8H22N2O4S2. The number of ether oxygens (including phenoxy) is 2. The van der Waals surface area contributed by atoms with Crippen LogP contribution in [0.25, 0.3) is 0 Å². The molecule has 0 amide bonds. The monoisotopic (exact) mass is 274 g/mol.